The van der Waals surface area contributed by atoms with E-state index in [4.69, 9.17) is 0 Å². The number of hydrogen-bond donors (Lipinski definition) is 0. The predicted molar refractivity (Wildman–Crippen MR) is 140 cm³/mol. The van der Waals surface area contributed by atoms with Gasteiger partial charge in [-0.15, -0.1) is 0 Å². The van der Waals surface area contributed by atoms with Crippen molar-refractivity contribution in [3.8, 4) is 0 Å². The Kier molecular flexibility index (Phi) is 6.52. The van der Waals surface area contributed by atoms with Gasteiger partial charge in [-0.25, -0.2) is 0 Å². The molecule has 2 saturated heterocycles. The van der Waals surface area contributed by atoms with Gasteiger partial charge in [0.2, 0.25) is 5.91 Å². The topological polar surface area (TPSA) is 62.6 Å². The minimum atomic E-state index is -0.391. The van der Waals surface area contributed by atoms with Gasteiger partial charge in [0.1, 0.15) is 6.54 Å². The van der Waals surface area contributed by atoms with Gasteiger partial charge >= 0.3 is 0 Å². The molecule has 6 nitrogen and oxygen atoms in total. The molecule has 2 aromatic carbocycles. The van der Waals surface area contributed by atoms with Crippen molar-refractivity contribution in [2.45, 2.75) is 33.2 Å². The number of para-hydroxylation sites is 1. The molecule has 0 aliphatic carbocycles. The summed E-state index contributed by atoms with van der Waals surface area (Å²) >= 11 is 0.915. The van der Waals surface area contributed by atoms with Gasteiger partial charge in [0.05, 0.1) is 4.91 Å². The van der Waals surface area contributed by atoms with E-state index >= 15 is 0 Å². The van der Waals surface area contributed by atoms with Crippen molar-refractivity contribution in [2.75, 3.05) is 19.6 Å². The van der Waals surface area contributed by atoms with Crippen LogP contribution in [-0.2, 0) is 16.1 Å². The molecule has 7 heteroatoms. The Bertz CT molecular complexity index is 1320. The van der Waals surface area contributed by atoms with Crippen molar-refractivity contribution in [2.24, 2.45) is 5.92 Å². The van der Waals surface area contributed by atoms with E-state index in [1.54, 1.807) is 4.90 Å². The quantitative estimate of drug-likeness (QED) is 0.459. The van der Waals surface area contributed by atoms with Gasteiger partial charge in [-0.05, 0) is 55.2 Å². The molecule has 3 amide bonds. The summed E-state index contributed by atoms with van der Waals surface area (Å²) in [6, 6.07) is 18.4. The van der Waals surface area contributed by atoms with Gasteiger partial charge in [0, 0.05) is 41.8 Å². The largest absolute Gasteiger partial charge is 0.341 e. The van der Waals surface area contributed by atoms with Gasteiger partial charge in [0.25, 0.3) is 11.1 Å². The second kappa shape index (κ2) is 9.74. The molecule has 5 rings (SSSR count). The second-order valence-corrected chi connectivity index (χ2v) is 10.4. The summed E-state index contributed by atoms with van der Waals surface area (Å²) in [5.41, 5.74) is 4.22. The monoisotopic (exact) mass is 487 g/mol. The molecule has 2 fully saturated rings. The molecular weight excluding hydrogens is 458 g/mol. The fourth-order valence-corrected chi connectivity index (χ4v) is 5.69. The first-order valence-corrected chi connectivity index (χ1v) is 12.9. The van der Waals surface area contributed by atoms with Crippen LogP contribution in [0.15, 0.2) is 59.5 Å². The summed E-state index contributed by atoms with van der Waals surface area (Å²) in [5.74, 6) is 0.0561. The third-order valence-electron chi connectivity index (χ3n) is 7.04. The van der Waals surface area contributed by atoms with Crippen molar-refractivity contribution in [1.82, 2.24) is 14.4 Å². The number of thioether (sulfide) groups is 1. The Morgan fingerprint density at radius 1 is 1.03 bits per heavy atom. The minimum Gasteiger partial charge on any atom is -0.341 e. The lowest BCUT2D eigenvalue weighted by atomic mass is 9.99. The third kappa shape index (κ3) is 4.65. The number of nitrogens with zero attached hydrogens (tertiary/aromatic N) is 3. The van der Waals surface area contributed by atoms with E-state index in [1.165, 1.54) is 5.56 Å². The zero-order valence-electron chi connectivity index (χ0n) is 20.1. The van der Waals surface area contributed by atoms with E-state index in [1.807, 2.05) is 49.4 Å². The highest BCUT2D eigenvalue weighted by molar-refractivity contribution is 8.18. The highest BCUT2D eigenvalue weighted by Crippen LogP contribution is 2.36. The Morgan fingerprint density at radius 3 is 2.46 bits per heavy atom. The molecule has 0 unspecified atom stereocenters. The molecule has 2 aliphatic rings. The molecule has 0 N–H and O–H groups in total. The molecule has 0 saturated carbocycles. The van der Waals surface area contributed by atoms with Gasteiger partial charge < -0.3 is 9.47 Å². The summed E-state index contributed by atoms with van der Waals surface area (Å²) < 4.78 is 2.24. The molecule has 0 spiro atoms. The van der Waals surface area contributed by atoms with Crippen LogP contribution in [0.1, 0.15) is 36.6 Å². The Labute approximate surface area is 209 Å². The number of amides is 3. The maximum Gasteiger partial charge on any atom is 0.294 e. The fourth-order valence-electron chi connectivity index (χ4n) is 4.87. The average Bonchev–Trinajstić information content (AvgIpc) is 3.28. The molecule has 0 bridgehead atoms. The number of likely N-dealkylation sites (tertiary alicyclic amines) is 1. The van der Waals surface area contributed by atoms with Crippen LogP contribution in [0.5, 0.6) is 0 Å². The first-order valence-electron chi connectivity index (χ1n) is 12.1. The standard InChI is InChI=1S/C28H29N3O3S/c1-19-12-14-29(15-13-19)26(32)18-31-27(33)25(35-28(31)34)16-23-20(2)30(17-21-8-4-3-5-9-21)24-11-7-6-10-22(23)24/h3-11,16,19H,12-15,17-18H2,1-2H3. The number of imide groups is 1. The Morgan fingerprint density at radius 2 is 1.71 bits per heavy atom. The first kappa shape index (κ1) is 23.4. The average molecular weight is 488 g/mol. The number of fused-ring (bicyclic) bond motifs is 1. The van der Waals surface area contributed by atoms with E-state index in [-0.39, 0.29) is 17.7 Å². The molecule has 3 heterocycles. The molecule has 0 atom stereocenters. The molecule has 35 heavy (non-hydrogen) atoms. The van der Waals surface area contributed by atoms with E-state index in [0.717, 1.165) is 51.7 Å². The molecule has 1 aromatic heterocycles. The summed E-state index contributed by atoms with van der Waals surface area (Å²) in [5, 5.41) is 0.650. The van der Waals surface area contributed by atoms with Crippen LogP contribution in [-0.4, -0.2) is 51.1 Å². The maximum atomic E-state index is 13.2. The summed E-state index contributed by atoms with van der Waals surface area (Å²) in [7, 11) is 0. The van der Waals surface area contributed by atoms with E-state index in [0.29, 0.717) is 30.5 Å². The lowest BCUT2D eigenvalue weighted by Gasteiger charge is -2.31. The fraction of sp³-hybridized carbons (Fsp3) is 0.321. The van der Waals surface area contributed by atoms with Crippen LogP contribution in [0.4, 0.5) is 4.79 Å². The normalized spacial score (nSPS) is 18.3. The zero-order chi connectivity index (χ0) is 24.5. The molecule has 180 valence electrons. The van der Waals surface area contributed by atoms with E-state index in [9.17, 15) is 14.4 Å². The Hall–Kier alpha value is -3.32. The second-order valence-electron chi connectivity index (χ2n) is 9.42. The first-order chi connectivity index (χ1) is 16.9. The van der Waals surface area contributed by atoms with Crippen molar-refractivity contribution >= 4 is 45.8 Å². The SMILES string of the molecule is Cc1c(C=C2SC(=O)N(CC(=O)N3CCC(C)CC3)C2=O)c2ccccc2n1Cc1ccccc1. The zero-order valence-corrected chi connectivity index (χ0v) is 20.9. The third-order valence-corrected chi connectivity index (χ3v) is 7.95. The highest BCUT2D eigenvalue weighted by Gasteiger charge is 2.37. The smallest absolute Gasteiger partial charge is 0.294 e. The van der Waals surface area contributed by atoms with Gasteiger partial charge in [-0.1, -0.05) is 55.5 Å². The number of benzene rings is 2. The maximum absolute atomic E-state index is 13.2. The number of carbonyl (C=O) groups is 3. The van der Waals surface area contributed by atoms with Crippen LogP contribution in [0.3, 0.4) is 0 Å². The Balaban J connectivity index is 1.41. The van der Waals surface area contributed by atoms with E-state index < -0.39 is 5.91 Å². The number of rotatable bonds is 5. The van der Waals surface area contributed by atoms with Crippen molar-refractivity contribution in [3.63, 3.8) is 0 Å². The van der Waals surface area contributed by atoms with Crippen molar-refractivity contribution in [1.29, 1.82) is 0 Å². The van der Waals surface area contributed by atoms with Gasteiger partial charge in [-0.3, -0.25) is 19.3 Å². The number of piperidine rings is 1. The summed E-state index contributed by atoms with van der Waals surface area (Å²) in [6.07, 6.45) is 3.73. The predicted octanol–water partition coefficient (Wildman–Crippen LogP) is 5.29. The summed E-state index contributed by atoms with van der Waals surface area (Å²) in [6.45, 7) is 6.12. The molecule has 2 aliphatic heterocycles. The minimum absolute atomic E-state index is 0.156. The van der Waals surface area contributed by atoms with Crippen LogP contribution in [0.25, 0.3) is 17.0 Å². The number of hydrogen-bond acceptors (Lipinski definition) is 4. The van der Waals surface area contributed by atoms with E-state index in [2.05, 4.69) is 29.7 Å². The summed E-state index contributed by atoms with van der Waals surface area (Å²) in [4.78, 5) is 41.9. The van der Waals surface area contributed by atoms with Gasteiger partial charge in [0.15, 0.2) is 0 Å². The van der Waals surface area contributed by atoms with Crippen LogP contribution in [0.2, 0.25) is 0 Å². The van der Waals surface area contributed by atoms with Crippen molar-refractivity contribution < 1.29 is 14.4 Å². The van der Waals surface area contributed by atoms with Crippen molar-refractivity contribution in [3.05, 3.63) is 76.3 Å². The van der Waals surface area contributed by atoms with Crippen LogP contribution < -0.4 is 0 Å². The molecule has 0 radical (unpaired) electrons. The van der Waals surface area contributed by atoms with Gasteiger partial charge in [-0.2, -0.15) is 0 Å². The number of aromatic nitrogens is 1. The molecular formula is C28H29N3O3S. The number of carbonyl (C=O) groups excluding carboxylic acids is 3. The van der Waals surface area contributed by atoms with Crippen LogP contribution >= 0.6 is 11.8 Å². The lowest BCUT2D eigenvalue weighted by molar-refractivity contribution is -0.136. The lowest BCUT2D eigenvalue weighted by Crippen LogP contribution is -2.45. The molecule has 3 aromatic rings. The highest BCUT2D eigenvalue weighted by atomic mass is 32.2. The van der Waals surface area contributed by atoms with Crippen LogP contribution in [0, 0.1) is 12.8 Å².